The second kappa shape index (κ2) is 4.37. The van der Waals surface area contributed by atoms with Crippen molar-refractivity contribution in [2.45, 2.75) is 57.4 Å². The first kappa shape index (κ1) is 12.0. The van der Waals surface area contributed by atoms with Crippen molar-refractivity contribution in [2.24, 2.45) is 28.9 Å². The van der Waals surface area contributed by atoms with Crippen LogP contribution in [0.4, 0.5) is 0 Å². The third kappa shape index (κ3) is 2.24. The number of nitrogens with two attached hydrogens (primary N) is 1. The second-order valence-corrected chi connectivity index (χ2v) is 7.78. The minimum atomic E-state index is 0.342. The first-order valence-electron chi connectivity index (χ1n) is 8.09. The molecule has 1 aromatic heterocycles. The Morgan fingerprint density at radius 2 is 1.79 bits per heavy atom. The molecular weight excluding hydrogens is 232 g/mol. The molecule has 3 N–H and O–H groups in total. The SMILES string of the molecule is NC(Cc1ccc[nH]1)CC12CC3CC(CC(C3)C1)C2. The molecule has 0 aromatic carbocycles. The molecule has 1 aromatic rings. The maximum atomic E-state index is 6.47. The summed E-state index contributed by atoms with van der Waals surface area (Å²) in [6, 6.07) is 4.58. The minimum Gasteiger partial charge on any atom is -0.365 e. The van der Waals surface area contributed by atoms with Gasteiger partial charge in [0.2, 0.25) is 0 Å². The molecular formula is C17H26N2. The van der Waals surface area contributed by atoms with E-state index in [-0.39, 0.29) is 0 Å². The molecule has 0 amide bonds. The third-order valence-electron chi connectivity index (χ3n) is 6.00. The lowest BCUT2D eigenvalue weighted by atomic mass is 9.48. The Balaban J connectivity index is 1.44. The van der Waals surface area contributed by atoms with E-state index in [1.165, 1.54) is 50.6 Å². The number of aromatic nitrogens is 1. The first-order chi connectivity index (χ1) is 9.21. The fourth-order valence-corrected chi connectivity index (χ4v) is 5.95. The second-order valence-electron chi connectivity index (χ2n) is 7.78. The van der Waals surface area contributed by atoms with Gasteiger partial charge in [-0.2, -0.15) is 0 Å². The van der Waals surface area contributed by atoms with E-state index in [9.17, 15) is 0 Å². The highest BCUT2D eigenvalue weighted by molar-refractivity contribution is 5.07. The van der Waals surface area contributed by atoms with E-state index in [1.54, 1.807) is 0 Å². The smallest absolute Gasteiger partial charge is 0.0162 e. The fourth-order valence-electron chi connectivity index (χ4n) is 5.95. The van der Waals surface area contributed by atoms with Crippen LogP contribution in [0.25, 0.3) is 0 Å². The normalized spacial score (nSPS) is 41.6. The maximum Gasteiger partial charge on any atom is 0.0162 e. The molecule has 2 nitrogen and oxygen atoms in total. The van der Waals surface area contributed by atoms with Crippen LogP contribution in [-0.2, 0) is 6.42 Å². The molecule has 0 saturated heterocycles. The van der Waals surface area contributed by atoms with E-state index in [4.69, 9.17) is 5.73 Å². The van der Waals surface area contributed by atoms with Crippen molar-refractivity contribution < 1.29 is 0 Å². The zero-order chi connectivity index (χ0) is 12.9. The van der Waals surface area contributed by atoms with Gasteiger partial charge in [0.25, 0.3) is 0 Å². The zero-order valence-electron chi connectivity index (χ0n) is 11.8. The van der Waals surface area contributed by atoms with Crippen molar-refractivity contribution in [3.63, 3.8) is 0 Å². The summed E-state index contributed by atoms with van der Waals surface area (Å²) in [4.78, 5) is 3.30. The van der Waals surface area contributed by atoms with Gasteiger partial charge in [0, 0.05) is 24.4 Å². The lowest BCUT2D eigenvalue weighted by molar-refractivity contribution is -0.0603. The van der Waals surface area contributed by atoms with Gasteiger partial charge in [-0.15, -0.1) is 0 Å². The van der Waals surface area contributed by atoms with Crippen LogP contribution in [0.3, 0.4) is 0 Å². The van der Waals surface area contributed by atoms with E-state index in [2.05, 4.69) is 17.1 Å². The third-order valence-corrected chi connectivity index (χ3v) is 6.00. The molecule has 1 atom stereocenters. The molecule has 0 radical (unpaired) electrons. The van der Waals surface area contributed by atoms with Crippen LogP contribution in [0, 0.1) is 23.2 Å². The average Bonchev–Trinajstić information content (AvgIpc) is 2.78. The maximum absolute atomic E-state index is 6.47. The Morgan fingerprint density at radius 3 is 2.32 bits per heavy atom. The van der Waals surface area contributed by atoms with Crippen molar-refractivity contribution in [3.8, 4) is 0 Å². The van der Waals surface area contributed by atoms with Gasteiger partial charge in [-0.05, 0) is 80.2 Å². The van der Waals surface area contributed by atoms with Crippen LogP contribution in [0.5, 0.6) is 0 Å². The molecule has 1 heterocycles. The van der Waals surface area contributed by atoms with E-state index >= 15 is 0 Å². The van der Waals surface area contributed by atoms with Crippen molar-refractivity contribution in [2.75, 3.05) is 0 Å². The Kier molecular flexibility index (Phi) is 2.77. The molecule has 0 aliphatic heterocycles. The molecule has 0 spiro atoms. The van der Waals surface area contributed by atoms with Gasteiger partial charge in [-0.3, -0.25) is 0 Å². The van der Waals surface area contributed by atoms with Gasteiger partial charge in [0.1, 0.15) is 0 Å². The number of rotatable bonds is 4. The van der Waals surface area contributed by atoms with Crippen LogP contribution in [0.15, 0.2) is 18.3 Å². The molecule has 4 aliphatic rings. The summed E-state index contributed by atoms with van der Waals surface area (Å²) in [6.45, 7) is 0. The van der Waals surface area contributed by atoms with E-state index < -0.39 is 0 Å². The van der Waals surface area contributed by atoms with Crippen LogP contribution >= 0.6 is 0 Å². The summed E-state index contributed by atoms with van der Waals surface area (Å²) in [6.07, 6.45) is 13.3. The van der Waals surface area contributed by atoms with Crippen LogP contribution in [-0.4, -0.2) is 11.0 Å². The Hall–Kier alpha value is -0.760. The molecule has 4 aliphatic carbocycles. The predicted octanol–water partition coefficient (Wildman–Crippen LogP) is 3.49. The topological polar surface area (TPSA) is 41.8 Å². The van der Waals surface area contributed by atoms with E-state index in [1.807, 2.05) is 6.20 Å². The highest BCUT2D eigenvalue weighted by Crippen LogP contribution is 2.61. The van der Waals surface area contributed by atoms with Gasteiger partial charge >= 0.3 is 0 Å². The van der Waals surface area contributed by atoms with Gasteiger partial charge in [-0.25, -0.2) is 0 Å². The van der Waals surface area contributed by atoms with E-state index in [0.29, 0.717) is 11.5 Å². The average molecular weight is 258 g/mol. The van der Waals surface area contributed by atoms with Crippen LogP contribution in [0.2, 0.25) is 0 Å². The standard InChI is InChI=1S/C17H26N2/c18-15(7-16-2-1-3-19-16)11-17-8-12-4-13(9-17)6-14(5-12)10-17/h1-3,12-15,19H,4-11,18H2. The summed E-state index contributed by atoms with van der Waals surface area (Å²) in [5.41, 5.74) is 8.40. The summed E-state index contributed by atoms with van der Waals surface area (Å²) in [7, 11) is 0. The minimum absolute atomic E-state index is 0.342. The molecule has 5 rings (SSSR count). The van der Waals surface area contributed by atoms with Gasteiger partial charge in [0.15, 0.2) is 0 Å². The van der Waals surface area contributed by atoms with E-state index in [0.717, 1.165) is 24.2 Å². The largest absolute Gasteiger partial charge is 0.365 e. The quantitative estimate of drug-likeness (QED) is 0.853. The van der Waals surface area contributed by atoms with Crippen molar-refractivity contribution in [1.82, 2.24) is 4.98 Å². The lowest BCUT2D eigenvalue weighted by Gasteiger charge is -2.57. The van der Waals surface area contributed by atoms with Gasteiger partial charge in [0.05, 0.1) is 0 Å². The number of aromatic amines is 1. The predicted molar refractivity (Wildman–Crippen MR) is 77.7 cm³/mol. The number of hydrogen-bond acceptors (Lipinski definition) is 1. The highest BCUT2D eigenvalue weighted by atomic mass is 14.7. The van der Waals surface area contributed by atoms with Gasteiger partial charge < -0.3 is 10.7 Å². The summed E-state index contributed by atoms with van der Waals surface area (Å²) >= 11 is 0. The Labute approximate surface area is 116 Å². The van der Waals surface area contributed by atoms with Crippen molar-refractivity contribution >= 4 is 0 Å². The first-order valence-corrected chi connectivity index (χ1v) is 8.09. The molecule has 4 fully saturated rings. The Bertz CT molecular complexity index is 399. The lowest BCUT2D eigenvalue weighted by Crippen LogP contribution is -2.48. The number of nitrogens with one attached hydrogen (secondary N) is 1. The summed E-state index contributed by atoms with van der Waals surface area (Å²) < 4.78 is 0. The molecule has 19 heavy (non-hydrogen) atoms. The van der Waals surface area contributed by atoms with Crippen molar-refractivity contribution in [1.29, 1.82) is 0 Å². The molecule has 1 unspecified atom stereocenters. The highest BCUT2D eigenvalue weighted by Gasteiger charge is 2.50. The van der Waals surface area contributed by atoms with Crippen molar-refractivity contribution in [3.05, 3.63) is 24.0 Å². The molecule has 4 bridgehead atoms. The molecule has 2 heteroatoms. The summed E-state index contributed by atoms with van der Waals surface area (Å²) in [5.74, 6) is 3.14. The number of H-pyrrole nitrogens is 1. The fraction of sp³-hybridized carbons (Fsp3) is 0.765. The molecule has 4 saturated carbocycles. The zero-order valence-corrected chi connectivity index (χ0v) is 11.8. The van der Waals surface area contributed by atoms with Crippen LogP contribution < -0.4 is 5.73 Å². The Morgan fingerprint density at radius 1 is 1.16 bits per heavy atom. The number of hydrogen-bond donors (Lipinski definition) is 2. The molecule has 104 valence electrons. The van der Waals surface area contributed by atoms with Gasteiger partial charge in [-0.1, -0.05) is 0 Å². The monoisotopic (exact) mass is 258 g/mol. The summed E-state index contributed by atoms with van der Waals surface area (Å²) in [5, 5.41) is 0. The van der Waals surface area contributed by atoms with Crippen LogP contribution in [0.1, 0.15) is 50.6 Å².